The number of fused-ring (bicyclic) bond motifs is 1. The summed E-state index contributed by atoms with van der Waals surface area (Å²) in [5.74, 6) is 0.0220. The van der Waals surface area contributed by atoms with Gasteiger partial charge in [-0.1, -0.05) is 28.2 Å². The zero-order valence-corrected chi connectivity index (χ0v) is 28.2. The molecule has 2 unspecified atom stereocenters. The first kappa shape index (κ1) is 32.0. The topological polar surface area (TPSA) is 119 Å². The molecule has 2 fully saturated rings. The van der Waals surface area contributed by atoms with Crippen molar-refractivity contribution < 1.29 is 19.2 Å². The zero-order chi connectivity index (χ0) is 33.7. The summed E-state index contributed by atoms with van der Waals surface area (Å²) in [5.41, 5.74) is 0.857. The Morgan fingerprint density at radius 3 is 2.60 bits per heavy atom. The molecule has 3 aromatic heterocycles. The second kappa shape index (κ2) is 12.8. The number of pyridine rings is 3. The van der Waals surface area contributed by atoms with Crippen LogP contribution in [0.5, 0.6) is 5.88 Å². The van der Waals surface area contributed by atoms with Gasteiger partial charge in [0.1, 0.15) is 29.2 Å². The molecule has 0 saturated carbocycles. The summed E-state index contributed by atoms with van der Waals surface area (Å²) < 4.78 is 9.78. The van der Waals surface area contributed by atoms with E-state index in [0.29, 0.717) is 45.4 Å². The van der Waals surface area contributed by atoms with E-state index in [9.17, 15) is 14.7 Å². The summed E-state index contributed by atoms with van der Waals surface area (Å²) in [5, 5.41) is 10.9. The minimum absolute atomic E-state index is 0.0134. The summed E-state index contributed by atoms with van der Waals surface area (Å²) in [6.07, 6.45) is 9.35. The van der Waals surface area contributed by atoms with Crippen molar-refractivity contribution in [1.29, 1.82) is 0 Å². The lowest BCUT2D eigenvalue weighted by Crippen LogP contribution is -2.57. The molecule has 3 atom stereocenters. The predicted molar refractivity (Wildman–Crippen MR) is 188 cm³/mol. The highest BCUT2D eigenvalue weighted by molar-refractivity contribution is 6.34. The summed E-state index contributed by atoms with van der Waals surface area (Å²) >= 11 is 13.3. The third-order valence-corrected chi connectivity index (χ3v) is 10.0. The maximum absolute atomic E-state index is 13.5. The molecule has 7 rings (SSSR count). The van der Waals surface area contributed by atoms with Crippen molar-refractivity contribution >= 4 is 64.1 Å². The number of aliphatic imine (C=N–C) groups is 1. The molecule has 3 aliphatic rings. The van der Waals surface area contributed by atoms with Crippen LogP contribution in [0.3, 0.4) is 0 Å². The number of likely N-dealkylation sites (N-methyl/N-ethyl adjacent to an activating group) is 1. The molecule has 0 aliphatic carbocycles. The summed E-state index contributed by atoms with van der Waals surface area (Å²) in [4.78, 5) is 45.9. The van der Waals surface area contributed by atoms with Crippen LogP contribution in [0.25, 0.3) is 16.6 Å². The number of anilines is 2. The van der Waals surface area contributed by atoms with E-state index >= 15 is 0 Å². The van der Waals surface area contributed by atoms with Gasteiger partial charge in [-0.2, -0.15) is 0 Å². The molecular formula is C34H35Cl2N8O4+. The van der Waals surface area contributed by atoms with Gasteiger partial charge in [0.2, 0.25) is 11.3 Å². The average molecular weight is 691 g/mol. The first-order valence-electron chi connectivity index (χ1n) is 15.7. The Labute approximate surface area is 287 Å². The van der Waals surface area contributed by atoms with E-state index in [-0.39, 0.29) is 35.6 Å². The number of aromatic carboxylic acids is 1. The van der Waals surface area contributed by atoms with Crippen molar-refractivity contribution in [1.82, 2.24) is 19.4 Å². The van der Waals surface area contributed by atoms with Crippen LogP contribution < -0.4 is 20.0 Å². The number of halogens is 2. The first-order valence-corrected chi connectivity index (χ1v) is 16.4. The van der Waals surface area contributed by atoms with Gasteiger partial charge in [-0.3, -0.25) is 4.79 Å². The Bertz CT molecular complexity index is 2010. The number of carboxylic acids is 1. The van der Waals surface area contributed by atoms with Gasteiger partial charge < -0.3 is 29.1 Å². The number of hydrogen-bond acceptors (Lipinski definition) is 9. The maximum atomic E-state index is 13.5. The van der Waals surface area contributed by atoms with Crippen LogP contribution in [-0.4, -0.2) is 113 Å². The lowest BCUT2D eigenvalue weighted by molar-refractivity contribution is -0.351. The van der Waals surface area contributed by atoms with Crippen molar-refractivity contribution in [2.45, 2.75) is 24.5 Å². The molecule has 0 amide bonds. The number of benzene rings is 1. The molecule has 0 radical (unpaired) electrons. The third-order valence-electron chi connectivity index (χ3n) is 9.41. The van der Waals surface area contributed by atoms with Gasteiger partial charge >= 0.3 is 5.97 Å². The smallest absolute Gasteiger partial charge is 0.341 e. The SMILES string of the molecule is CN(C)C1CN(c2ccc(-n3cc(C(=O)O)c(=O)c4cc(Cl)c(N5CC(C6C=[N+](C)C=N6)C[C@@H]5COc5ncccc5Cl)cc43)cn2)C1. The van der Waals surface area contributed by atoms with E-state index in [1.54, 1.807) is 35.2 Å². The minimum Gasteiger partial charge on any atom is -0.477 e. The van der Waals surface area contributed by atoms with Gasteiger partial charge in [0.15, 0.2) is 6.04 Å². The molecule has 1 aromatic carbocycles. The Morgan fingerprint density at radius 1 is 1.12 bits per heavy atom. The van der Waals surface area contributed by atoms with Crippen LogP contribution >= 0.6 is 23.2 Å². The number of ether oxygens (including phenoxy) is 1. The van der Waals surface area contributed by atoms with Gasteiger partial charge in [-0.25, -0.2) is 19.3 Å². The molecule has 4 aromatic rings. The lowest BCUT2D eigenvalue weighted by Gasteiger charge is -2.43. The second-order valence-electron chi connectivity index (χ2n) is 12.7. The van der Waals surface area contributed by atoms with Gasteiger partial charge in [-0.05, 0) is 56.9 Å². The number of aromatic nitrogens is 3. The molecule has 0 bridgehead atoms. The van der Waals surface area contributed by atoms with E-state index < -0.39 is 11.4 Å². The zero-order valence-electron chi connectivity index (χ0n) is 26.7. The fraction of sp³-hybridized carbons (Fsp3) is 0.353. The molecular weight excluding hydrogens is 655 g/mol. The monoisotopic (exact) mass is 689 g/mol. The highest BCUT2D eigenvalue weighted by Crippen LogP contribution is 2.39. The van der Waals surface area contributed by atoms with E-state index in [1.807, 2.05) is 36.2 Å². The second-order valence-corrected chi connectivity index (χ2v) is 13.6. The van der Waals surface area contributed by atoms with E-state index in [4.69, 9.17) is 37.9 Å². The largest absolute Gasteiger partial charge is 0.477 e. The highest BCUT2D eigenvalue weighted by atomic mass is 35.5. The summed E-state index contributed by atoms with van der Waals surface area (Å²) in [7, 11) is 6.08. The first-order chi connectivity index (χ1) is 23.1. The molecule has 0 spiro atoms. The average Bonchev–Trinajstić information content (AvgIpc) is 3.66. The minimum atomic E-state index is -1.32. The van der Waals surface area contributed by atoms with Crippen LogP contribution in [0.4, 0.5) is 11.5 Å². The van der Waals surface area contributed by atoms with Gasteiger partial charge in [0.05, 0.1) is 41.2 Å². The Balaban J connectivity index is 1.28. The Morgan fingerprint density at radius 2 is 1.94 bits per heavy atom. The van der Waals surface area contributed by atoms with E-state index in [1.165, 1.54) is 6.20 Å². The fourth-order valence-corrected chi connectivity index (χ4v) is 7.09. The van der Waals surface area contributed by atoms with Crippen LogP contribution in [-0.2, 0) is 0 Å². The number of carboxylic acid groups (broad SMARTS) is 1. The maximum Gasteiger partial charge on any atom is 0.341 e. The Hall–Kier alpha value is -4.52. The number of nitrogens with zero attached hydrogens (tertiary/aromatic N) is 8. The molecule has 248 valence electrons. The highest BCUT2D eigenvalue weighted by Gasteiger charge is 2.41. The van der Waals surface area contributed by atoms with Gasteiger partial charge in [0.25, 0.3) is 6.34 Å². The molecule has 6 heterocycles. The molecule has 12 nitrogen and oxygen atoms in total. The number of carbonyl (C=O) groups is 1. The van der Waals surface area contributed by atoms with Crippen LogP contribution in [0.15, 0.2) is 64.8 Å². The normalized spacial score (nSPS) is 20.9. The van der Waals surface area contributed by atoms with Crippen molar-refractivity contribution in [3.63, 3.8) is 0 Å². The van der Waals surface area contributed by atoms with Crippen molar-refractivity contribution in [3.8, 4) is 11.6 Å². The van der Waals surface area contributed by atoms with Crippen LogP contribution in [0, 0.1) is 5.92 Å². The third kappa shape index (κ3) is 5.99. The standard InChI is InChI=1S/C34H34Cl2N8O4/c1-40(2)23-14-42(15-23)31-7-6-21(12-38-31)44-16-25(34(46)47)32(45)24-10-27(36)30(11-29(24)44)43-13-20(28-17-41(3)19-39-28)9-22(43)18-48-33-26(35)5-4-8-37-33/h4-8,10-12,16-17,19-20,22-23,28H,9,13-15,18H2,1-3H3/p+1/t20?,22-,28?/m1/s1. The van der Waals surface area contributed by atoms with Crippen molar-refractivity contribution in [3.05, 3.63) is 80.8 Å². The molecule has 14 heteroatoms. The quantitative estimate of drug-likeness (QED) is 0.261. The summed E-state index contributed by atoms with van der Waals surface area (Å²) in [6.45, 7) is 2.66. The van der Waals surface area contributed by atoms with Crippen molar-refractivity contribution in [2.75, 3.05) is 57.2 Å². The van der Waals surface area contributed by atoms with Crippen molar-refractivity contribution in [2.24, 2.45) is 10.9 Å². The van der Waals surface area contributed by atoms with Crippen LogP contribution in [0.1, 0.15) is 16.8 Å². The number of hydrogen-bond donors (Lipinski definition) is 1. The molecule has 1 N–H and O–H groups in total. The number of rotatable bonds is 9. The van der Waals surface area contributed by atoms with E-state index in [0.717, 1.165) is 25.3 Å². The fourth-order valence-electron chi connectivity index (χ4n) is 6.65. The molecule has 2 saturated heterocycles. The summed E-state index contributed by atoms with van der Waals surface area (Å²) in [6, 6.07) is 11.0. The van der Waals surface area contributed by atoms with Gasteiger partial charge in [0, 0.05) is 49.4 Å². The predicted octanol–water partition coefficient (Wildman–Crippen LogP) is 3.93. The van der Waals surface area contributed by atoms with E-state index in [2.05, 4.69) is 40.0 Å². The molecule has 48 heavy (non-hydrogen) atoms. The Kier molecular flexibility index (Phi) is 8.57. The molecule has 3 aliphatic heterocycles. The van der Waals surface area contributed by atoms with Gasteiger partial charge in [-0.15, -0.1) is 0 Å². The lowest BCUT2D eigenvalue weighted by atomic mass is 9.98. The van der Waals surface area contributed by atoms with Crippen LogP contribution in [0.2, 0.25) is 10.0 Å².